The van der Waals surface area contributed by atoms with E-state index < -0.39 is 0 Å². The summed E-state index contributed by atoms with van der Waals surface area (Å²) in [5, 5.41) is 2.68. The first-order chi connectivity index (χ1) is 6.22. The van der Waals surface area contributed by atoms with Gasteiger partial charge in [-0.1, -0.05) is 12.1 Å². The molecule has 0 aliphatic heterocycles. The molecule has 0 heterocycles. The summed E-state index contributed by atoms with van der Waals surface area (Å²) in [5.74, 6) is -0.0665. The molecular weight excluding hydrogens is 188 g/mol. The van der Waals surface area contributed by atoms with E-state index in [9.17, 15) is 4.79 Å². The van der Waals surface area contributed by atoms with Crippen molar-refractivity contribution in [1.82, 2.24) is 4.84 Å². The standard InChI is InChI=1S/C9H11ClN2O/c1-7(13)12-9-4-2-8(3-5-9)6-11-10/h2-5,11H,6H2,1H3,(H,12,13). The molecule has 0 fully saturated rings. The van der Waals surface area contributed by atoms with E-state index in [0.29, 0.717) is 6.54 Å². The number of benzene rings is 1. The van der Waals surface area contributed by atoms with Crippen LogP contribution in [-0.2, 0) is 11.3 Å². The van der Waals surface area contributed by atoms with Gasteiger partial charge in [0.15, 0.2) is 0 Å². The minimum absolute atomic E-state index is 0.0665. The Balaban J connectivity index is 2.64. The molecule has 1 aromatic rings. The number of hydrogen-bond donors (Lipinski definition) is 2. The lowest BCUT2D eigenvalue weighted by Gasteiger charge is -2.02. The molecule has 1 aromatic carbocycles. The molecule has 0 radical (unpaired) electrons. The van der Waals surface area contributed by atoms with Gasteiger partial charge in [0, 0.05) is 19.2 Å². The quantitative estimate of drug-likeness (QED) is 0.729. The average Bonchev–Trinajstić information content (AvgIpc) is 2.08. The van der Waals surface area contributed by atoms with Gasteiger partial charge < -0.3 is 5.32 Å². The van der Waals surface area contributed by atoms with Gasteiger partial charge in [-0.2, -0.15) is 0 Å². The number of hydrogen-bond acceptors (Lipinski definition) is 2. The molecule has 70 valence electrons. The number of halogens is 1. The molecule has 0 atom stereocenters. The molecule has 4 heteroatoms. The molecule has 0 unspecified atom stereocenters. The van der Waals surface area contributed by atoms with Gasteiger partial charge in [-0.3, -0.25) is 4.79 Å². The van der Waals surface area contributed by atoms with Crippen LogP contribution in [0.4, 0.5) is 5.69 Å². The van der Waals surface area contributed by atoms with Gasteiger partial charge in [0.1, 0.15) is 0 Å². The summed E-state index contributed by atoms with van der Waals surface area (Å²) in [7, 11) is 0. The van der Waals surface area contributed by atoms with Gasteiger partial charge in [0.25, 0.3) is 0 Å². The Morgan fingerprint density at radius 1 is 1.38 bits per heavy atom. The lowest BCUT2D eigenvalue weighted by atomic mass is 10.2. The van der Waals surface area contributed by atoms with E-state index >= 15 is 0 Å². The summed E-state index contributed by atoms with van der Waals surface area (Å²) in [6.45, 7) is 2.09. The van der Waals surface area contributed by atoms with Crippen molar-refractivity contribution < 1.29 is 4.79 Å². The lowest BCUT2D eigenvalue weighted by Crippen LogP contribution is -2.05. The third-order valence-electron chi connectivity index (χ3n) is 1.55. The highest BCUT2D eigenvalue weighted by atomic mass is 35.5. The van der Waals surface area contributed by atoms with Crippen molar-refractivity contribution in [2.24, 2.45) is 0 Å². The van der Waals surface area contributed by atoms with Gasteiger partial charge in [-0.15, -0.1) is 0 Å². The van der Waals surface area contributed by atoms with Crippen LogP contribution in [0.15, 0.2) is 24.3 Å². The van der Waals surface area contributed by atoms with E-state index in [2.05, 4.69) is 10.2 Å². The number of anilines is 1. The van der Waals surface area contributed by atoms with Crippen molar-refractivity contribution in [1.29, 1.82) is 0 Å². The van der Waals surface area contributed by atoms with E-state index in [0.717, 1.165) is 11.3 Å². The zero-order valence-corrected chi connectivity index (χ0v) is 8.06. The number of amides is 1. The zero-order chi connectivity index (χ0) is 9.68. The highest BCUT2D eigenvalue weighted by Crippen LogP contribution is 2.09. The predicted molar refractivity (Wildman–Crippen MR) is 53.4 cm³/mol. The fourth-order valence-electron chi connectivity index (χ4n) is 0.986. The summed E-state index contributed by atoms with van der Waals surface area (Å²) in [4.78, 5) is 13.2. The summed E-state index contributed by atoms with van der Waals surface area (Å²) >= 11 is 5.34. The Kier molecular flexibility index (Phi) is 3.73. The van der Waals surface area contributed by atoms with Crippen LogP contribution in [0, 0.1) is 0 Å². The van der Waals surface area contributed by atoms with Gasteiger partial charge in [0.05, 0.1) is 0 Å². The molecule has 0 spiro atoms. The molecule has 13 heavy (non-hydrogen) atoms. The number of nitrogens with one attached hydrogen (secondary N) is 2. The van der Waals surface area contributed by atoms with Crippen LogP contribution < -0.4 is 10.2 Å². The van der Waals surface area contributed by atoms with Crippen molar-refractivity contribution in [3.8, 4) is 0 Å². The Morgan fingerprint density at radius 2 is 2.00 bits per heavy atom. The monoisotopic (exact) mass is 198 g/mol. The molecule has 0 aliphatic carbocycles. The molecule has 1 amide bonds. The van der Waals surface area contributed by atoms with Gasteiger partial charge in [-0.25, -0.2) is 4.84 Å². The summed E-state index contributed by atoms with van der Waals surface area (Å²) in [5.41, 5.74) is 1.87. The van der Waals surface area contributed by atoms with Crippen LogP contribution in [-0.4, -0.2) is 5.91 Å². The second-order valence-corrected chi connectivity index (χ2v) is 2.96. The van der Waals surface area contributed by atoms with E-state index in [-0.39, 0.29) is 5.91 Å². The Labute approximate surface area is 82.2 Å². The summed E-state index contributed by atoms with van der Waals surface area (Å²) in [6.07, 6.45) is 0. The van der Waals surface area contributed by atoms with E-state index in [1.165, 1.54) is 6.92 Å². The third kappa shape index (κ3) is 3.44. The average molecular weight is 199 g/mol. The van der Waals surface area contributed by atoms with Crippen LogP contribution in [0.25, 0.3) is 0 Å². The molecule has 3 nitrogen and oxygen atoms in total. The van der Waals surface area contributed by atoms with Crippen molar-refractivity contribution in [2.45, 2.75) is 13.5 Å². The number of carbonyl (C=O) groups excluding carboxylic acids is 1. The second kappa shape index (κ2) is 4.84. The Morgan fingerprint density at radius 3 is 2.46 bits per heavy atom. The summed E-state index contributed by atoms with van der Waals surface area (Å²) < 4.78 is 0. The fourth-order valence-corrected chi connectivity index (χ4v) is 1.14. The molecule has 0 saturated heterocycles. The zero-order valence-electron chi connectivity index (χ0n) is 7.30. The van der Waals surface area contributed by atoms with Crippen molar-refractivity contribution in [2.75, 3.05) is 5.32 Å². The molecule has 0 aliphatic rings. The Bertz CT molecular complexity index is 284. The van der Waals surface area contributed by atoms with Crippen LogP contribution in [0.2, 0.25) is 0 Å². The highest BCUT2D eigenvalue weighted by Gasteiger charge is 1.95. The number of carbonyl (C=O) groups is 1. The molecule has 1 rings (SSSR count). The Hall–Kier alpha value is -1.06. The fraction of sp³-hybridized carbons (Fsp3) is 0.222. The second-order valence-electron chi connectivity index (χ2n) is 2.69. The third-order valence-corrected chi connectivity index (χ3v) is 1.68. The predicted octanol–water partition coefficient (Wildman–Crippen LogP) is 1.89. The first-order valence-electron chi connectivity index (χ1n) is 3.92. The highest BCUT2D eigenvalue weighted by molar-refractivity contribution is 6.13. The van der Waals surface area contributed by atoms with Crippen molar-refractivity contribution in [3.63, 3.8) is 0 Å². The largest absolute Gasteiger partial charge is 0.326 e. The molecule has 0 saturated carbocycles. The molecular formula is C9H11ClN2O. The maximum Gasteiger partial charge on any atom is 0.221 e. The van der Waals surface area contributed by atoms with Gasteiger partial charge in [-0.05, 0) is 29.5 Å². The smallest absolute Gasteiger partial charge is 0.221 e. The van der Waals surface area contributed by atoms with Crippen molar-refractivity contribution in [3.05, 3.63) is 29.8 Å². The first-order valence-corrected chi connectivity index (χ1v) is 4.30. The molecule has 2 N–H and O–H groups in total. The minimum Gasteiger partial charge on any atom is -0.326 e. The number of rotatable bonds is 3. The van der Waals surface area contributed by atoms with E-state index in [4.69, 9.17) is 11.8 Å². The van der Waals surface area contributed by atoms with Gasteiger partial charge >= 0.3 is 0 Å². The topological polar surface area (TPSA) is 41.1 Å². The SMILES string of the molecule is CC(=O)Nc1ccc(CNCl)cc1. The van der Waals surface area contributed by atoms with Crippen LogP contribution >= 0.6 is 11.8 Å². The normalized spacial score (nSPS) is 9.69. The maximum atomic E-state index is 10.7. The van der Waals surface area contributed by atoms with E-state index in [1.54, 1.807) is 0 Å². The van der Waals surface area contributed by atoms with Crippen LogP contribution in [0.5, 0.6) is 0 Å². The van der Waals surface area contributed by atoms with Gasteiger partial charge in [0.2, 0.25) is 5.91 Å². The minimum atomic E-state index is -0.0665. The van der Waals surface area contributed by atoms with Crippen LogP contribution in [0.1, 0.15) is 12.5 Å². The summed E-state index contributed by atoms with van der Waals surface area (Å²) in [6, 6.07) is 7.48. The molecule has 0 aromatic heterocycles. The maximum absolute atomic E-state index is 10.7. The van der Waals surface area contributed by atoms with E-state index in [1.807, 2.05) is 24.3 Å². The van der Waals surface area contributed by atoms with Crippen LogP contribution in [0.3, 0.4) is 0 Å². The lowest BCUT2D eigenvalue weighted by molar-refractivity contribution is -0.114. The van der Waals surface area contributed by atoms with Crippen molar-refractivity contribution >= 4 is 23.4 Å². The molecule has 0 bridgehead atoms. The first kappa shape index (κ1) is 10.0.